The van der Waals surface area contributed by atoms with Crippen LogP contribution in [0.15, 0.2) is 40.8 Å². The van der Waals surface area contributed by atoms with Crippen molar-refractivity contribution < 1.29 is 4.42 Å². The third-order valence-electron chi connectivity index (χ3n) is 5.79. The van der Waals surface area contributed by atoms with Crippen LogP contribution in [0.5, 0.6) is 0 Å². The summed E-state index contributed by atoms with van der Waals surface area (Å²) in [6, 6.07) is 13.0. The molecule has 136 valence electrons. The molecule has 1 aliphatic carbocycles. The number of oxazole rings is 1. The van der Waals surface area contributed by atoms with Gasteiger partial charge >= 0.3 is 0 Å². The number of benzene rings is 2. The number of unbranched alkanes of at least 4 members (excludes halogenated alkanes) is 1. The second kappa shape index (κ2) is 7.65. The lowest BCUT2D eigenvalue weighted by atomic mass is 9.81. The molecule has 0 spiro atoms. The zero-order valence-corrected chi connectivity index (χ0v) is 16.1. The highest BCUT2D eigenvalue weighted by Crippen LogP contribution is 2.37. The minimum absolute atomic E-state index is 0.708. The first-order valence-electron chi connectivity index (χ1n) is 10.2. The highest BCUT2D eigenvalue weighted by Gasteiger charge is 2.20. The Hall–Kier alpha value is -2.09. The van der Waals surface area contributed by atoms with Gasteiger partial charge in [0, 0.05) is 5.56 Å². The smallest absolute Gasteiger partial charge is 0.227 e. The van der Waals surface area contributed by atoms with Gasteiger partial charge in [-0.3, -0.25) is 0 Å². The summed E-state index contributed by atoms with van der Waals surface area (Å²) < 4.78 is 6.15. The summed E-state index contributed by atoms with van der Waals surface area (Å²) in [6.07, 6.45) is 10.4. The van der Waals surface area contributed by atoms with Gasteiger partial charge < -0.3 is 4.42 Å². The highest BCUT2D eigenvalue weighted by molar-refractivity contribution is 5.78. The molecule has 4 rings (SSSR count). The minimum atomic E-state index is 0.708. The van der Waals surface area contributed by atoms with Gasteiger partial charge in [-0.2, -0.15) is 0 Å². The molecule has 0 unspecified atom stereocenters. The van der Waals surface area contributed by atoms with Crippen molar-refractivity contribution in [1.29, 1.82) is 0 Å². The lowest BCUT2D eigenvalue weighted by molar-refractivity contribution is 0.441. The van der Waals surface area contributed by atoms with Gasteiger partial charge in [0.05, 0.1) is 0 Å². The van der Waals surface area contributed by atoms with Crippen molar-refractivity contribution in [3.63, 3.8) is 0 Å². The summed E-state index contributed by atoms with van der Waals surface area (Å²) >= 11 is 0. The second-order valence-electron chi connectivity index (χ2n) is 7.84. The zero-order valence-electron chi connectivity index (χ0n) is 16.1. The van der Waals surface area contributed by atoms with E-state index in [9.17, 15) is 0 Å². The van der Waals surface area contributed by atoms with E-state index in [-0.39, 0.29) is 0 Å². The first-order chi connectivity index (χ1) is 12.7. The molecule has 1 aromatic heterocycles. The first-order valence-corrected chi connectivity index (χ1v) is 10.2. The lowest BCUT2D eigenvalue weighted by Crippen LogP contribution is -2.07. The maximum Gasteiger partial charge on any atom is 0.227 e. The molecule has 2 nitrogen and oxygen atoms in total. The van der Waals surface area contributed by atoms with Crippen LogP contribution in [0.2, 0.25) is 0 Å². The van der Waals surface area contributed by atoms with Gasteiger partial charge in [-0.15, -0.1) is 0 Å². The van der Waals surface area contributed by atoms with Crippen molar-refractivity contribution >= 4 is 11.1 Å². The number of aromatic nitrogens is 1. The highest BCUT2D eigenvalue weighted by atomic mass is 16.3. The summed E-state index contributed by atoms with van der Waals surface area (Å²) in [6.45, 7) is 4.37. The van der Waals surface area contributed by atoms with E-state index in [0.717, 1.165) is 29.0 Å². The fraction of sp³-hybridized carbons (Fsp3) is 0.458. The molecular formula is C24H29NO. The molecule has 0 saturated heterocycles. The van der Waals surface area contributed by atoms with Crippen LogP contribution in [0.4, 0.5) is 0 Å². The van der Waals surface area contributed by atoms with E-state index >= 15 is 0 Å². The lowest BCUT2D eigenvalue weighted by Gasteiger charge is -2.24. The molecule has 0 N–H and O–H groups in total. The van der Waals surface area contributed by atoms with Crippen LogP contribution < -0.4 is 0 Å². The maximum absolute atomic E-state index is 6.15. The average molecular weight is 348 g/mol. The number of hydrogen-bond acceptors (Lipinski definition) is 2. The molecule has 0 atom stereocenters. The third-order valence-corrected chi connectivity index (χ3v) is 5.79. The molecule has 0 radical (unpaired) electrons. The Morgan fingerprint density at radius 3 is 2.54 bits per heavy atom. The van der Waals surface area contributed by atoms with Crippen LogP contribution >= 0.6 is 0 Å². The van der Waals surface area contributed by atoms with E-state index in [0.29, 0.717) is 5.92 Å². The molecule has 2 heteroatoms. The summed E-state index contributed by atoms with van der Waals surface area (Å²) in [5, 5.41) is 0. The van der Waals surface area contributed by atoms with Crippen molar-refractivity contribution in [3.8, 4) is 11.5 Å². The Morgan fingerprint density at radius 2 is 1.81 bits per heavy atom. The van der Waals surface area contributed by atoms with Gasteiger partial charge in [0.25, 0.3) is 0 Å². The maximum atomic E-state index is 6.15. The van der Waals surface area contributed by atoms with Gasteiger partial charge in [-0.1, -0.05) is 50.3 Å². The van der Waals surface area contributed by atoms with Gasteiger partial charge in [0.15, 0.2) is 5.58 Å². The van der Waals surface area contributed by atoms with E-state index in [4.69, 9.17) is 9.40 Å². The predicted octanol–water partition coefficient (Wildman–Crippen LogP) is 7.19. The number of aryl methyl sites for hydroxylation is 2. The number of fused-ring (bicyclic) bond motifs is 1. The van der Waals surface area contributed by atoms with Crippen molar-refractivity contribution in [2.24, 2.45) is 0 Å². The molecule has 0 amide bonds. The number of nitrogens with zero attached hydrogens (tertiary/aromatic N) is 1. The van der Waals surface area contributed by atoms with Crippen LogP contribution in [0.3, 0.4) is 0 Å². The fourth-order valence-corrected chi connectivity index (χ4v) is 4.23. The molecule has 1 aliphatic rings. The van der Waals surface area contributed by atoms with Crippen LogP contribution in [0.25, 0.3) is 22.6 Å². The Balaban J connectivity index is 1.75. The van der Waals surface area contributed by atoms with E-state index in [1.54, 1.807) is 0 Å². The second-order valence-corrected chi connectivity index (χ2v) is 7.84. The summed E-state index contributed by atoms with van der Waals surface area (Å²) in [5.41, 5.74) is 7.28. The van der Waals surface area contributed by atoms with Crippen molar-refractivity contribution in [2.75, 3.05) is 0 Å². The minimum Gasteiger partial charge on any atom is -0.436 e. The standard InChI is InChI=1S/C24H29NO/c1-3-4-8-20-15-23-22(16-21(20)18-9-6-5-7-10-18)25-24(26-23)19-13-11-17(2)12-14-19/h11-16,18H,3-10H2,1-2H3. The normalized spacial score (nSPS) is 15.6. The molecular weight excluding hydrogens is 318 g/mol. The van der Waals surface area contributed by atoms with E-state index in [1.807, 2.05) is 0 Å². The predicted molar refractivity (Wildman–Crippen MR) is 109 cm³/mol. The number of rotatable bonds is 5. The van der Waals surface area contributed by atoms with Crippen molar-refractivity contribution in [2.45, 2.75) is 71.1 Å². The summed E-state index contributed by atoms with van der Waals surface area (Å²) in [7, 11) is 0. The van der Waals surface area contributed by atoms with Crippen LogP contribution in [-0.4, -0.2) is 4.98 Å². The Morgan fingerprint density at radius 1 is 1.04 bits per heavy atom. The van der Waals surface area contributed by atoms with E-state index in [2.05, 4.69) is 50.2 Å². The van der Waals surface area contributed by atoms with Crippen molar-refractivity contribution in [1.82, 2.24) is 4.98 Å². The molecule has 0 aliphatic heterocycles. The first kappa shape index (κ1) is 17.3. The number of hydrogen-bond donors (Lipinski definition) is 0. The molecule has 0 bridgehead atoms. The topological polar surface area (TPSA) is 26.0 Å². The summed E-state index contributed by atoms with van der Waals surface area (Å²) in [5.74, 6) is 1.45. The molecule has 3 aromatic rings. The monoisotopic (exact) mass is 347 g/mol. The van der Waals surface area contributed by atoms with Gasteiger partial charge in [-0.25, -0.2) is 4.98 Å². The Bertz CT molecular complexity index is 869. The molecule has 1 fully saturated rings. The van der Waals surface area contributed by atoms with Crippen LogP contribution in [0.1, 0.15) is 74.5 Å². The third kappa shape index (κ3) is 3.56. The van der Waals surface area contributed by atoms with Crippen LogP contribution in [0, 0.1) is 6.92 Å². The SMILES string of the molecule is CCCCc1cc2oc(-c3ccc(C)cc3)nc2cc1C1CCCCC1. The van der Waals surface area contributed by atoms with E-state index in [1.165, 1.54) is 61.6 Å². The van der Waals surface area contributed by atoms with Gasteiger partial charge in [0.1, 0.15) is 5.52 Å². The van der Waals surface area contributed by atoms with Gasteiger partial charge in [-0.05, 0) is 73.9 Å². The van der Waals surface area contributed by atoms with Crippen LogP contribution in [-0.2, 0) is 6.42 Å². The largest absolute Gasteiger partial charge is 0.436 e. The molecule has 26 heavy (non-hydrogen) atoms. The average Bonchev–Trinajstić information content (AvgIpc) is 3.09. The Kier molecular flexibility index (Phi) is 5.10. The van der Waals surface area contributed by atoms with Gasteiger partial charge in [0.2, 0.25) is 5.89 Å². The Labute approximate surface area is 156 Å². The summed E-state index contributed by atoms with van der Waals surface area (Å²) in [4.78, 5) is 4.82. The zero-order chi connectivity index (χ0) is 17.9. The van der Waals surface area contributed by atoms with E-state index < -0.39 is 0 Å². The molecule has 2 aromatic carbocycles. The fourth-order valence-electron chi connectivity index (χ4n) is 4.23. The van der Waals surface area contributed by atoms with Crippen molar-refractivity contribution in [3.05, 3.63) is 53.1 Å². The quantitative estimate of drug-likeness (QED) is 0.488. The molecule has 1 heterocycles. The molecule has 1 saturated carbocycles.